The van der Waals surface area contributed by atoms with Gasteiger partial charge in [0, 0.05) is 11.5 Å². The van der Waals surface area contributed by atoms with E-state index in [9.17, 15) is 4.79 Å². The highest BCUT2D eigenvalue weighted by Crippen LogP contribution is 2.33. The molecular weight excluding hydrogens is 294 g/mol. The lowest BCUT2D eigenvalue weighted by molar-refractivity contribution is 0.0858. The van der Waals surface area contributed by atoms with Gasteiger partial charge in [-0.15, -0.1) is 0 Å². The number of fused-ring (bicyclic) bond motifs is 1. The molecule has 5 heteroatoms. The van der Waals surface area contributed by atoms with Crippen molar-refractivity contribution in [2.24, 2.45) is 0 Å². The minimum absolute atomic E-state index is 0.0321. The van der Waals surface area contributed by atoms with Crippen molar-refractivity contribution in [3.05, 3.63) is 36.2 Å². The maximum atomic E-state index is 12.3. The normalized spacial score (nSPS) is 17.4. The Bertz CT molecular complexity index is 583. The van der Waals surface area contributed by atoms with Crippen molar-refractivity contribution in [1.82, 2.24) is 14.9 Å². The van der Waals surface area contributed by atoms with Crippen molar-refractivity contribution >= 4 is 27.4 Å². The summed E-state index contributed by atoms with van der Waals surface area (Å²) in [5.41, 5.74) is 1.43. The Morgan fingerprint density at radius 3 is 3.00 bits per heavy atom. The van der Waals surface area contributed by atoms with Crippen molar-refractivity contribution in [2.45, 2.75) is 24.8 Å². The van der Waals surface area contributed by atoms with Crippen LogP contribution < -0.4 is 5.32 Å². The molecule has 0 saturated heterocycles. The Morgan fingerprint density at radius 2 is 2.33 bits per heavy atom. The van der Waals surface area contributed by atoms with Gasteiger partial charge < -0.3 is 5.32 Å². The Hall–Kier alpha value is -1.36. The zero-order chi connectivity index (χ0) is 12.6. The van der Waals surface area contributed by atoms with Gasteiger partial charge in [-0.05, 0) is 31.4 Å². The molecule has 0 aromatic carbocycles. The third-order valence-electron chi connectivity index (χ3n) is 3.62. The molecule has 94 valence electrons. The quantitative estimate of drug-likeness (QED) is 0.885. The predicted octanol–water partition coefficient (Wildman–Crippen LogP) is 2.38. The summed E-state index contributed by atoms with van der Waals surface area (Å²) < 4.78 is 1.72. The molecule has 1 N–H and O–H groups in total. The molecule has 2 aromatic heterocycles. The lowest BCUT2D eigenvalue weighted by Gasteiger charge is -2.41. The van der Waals surface area contributed by atoms with E-state index in [1.165, 1.54) is 6.42 Å². The molecule has 1 aliphatic carbocycles. The second kappa shape index (κ2) is 4.39. The summed E-state index contributed by atoms with van der Waals surface area (Å²) in [5.74, 6) is -0.0321. The van der Waals surface area contributed by atoms with Crippen LogP contribution in [0.5, 0.6) is 0 Å². The molecule has 4 nitrogen and oxygen atoms in total. The van der Waals surface area contributed by atoms with E-state index in [1.807, 2.05) is 24.4 Å². The highest BCUT2D eigenvalue weighted by atomic mass is 79.9. The maximum Gasteiger partial charge on any atom is 0.255 e. The minimum atomic E-state index is -0.0554. The molecule has 2 heterocycles. The fourth-order valence-electron chi connectivity index (χ4n) is 2.31. The van der Waals surface area contributed by atoms with Gasteiger partial charge in [0.15, 0.2) is 0 Å². The fraction of sp³-hybridized carbons (Fsp3) is 0.385. The first kappa shape index (κ1) is 11.7. The molecule has 1 saturated carbocycles. The van der Waals surface area contributed by atoms with Crippen LogP contribution in [0.15, 0.2) is 30.6 Å². The van der Waals surface area contributed by atoms with Crippen molar-refractivity contribution in [1.29, 1.82) is 0 Å². The Labute approximate surface area is 114 Å². The number of nitrogens with one attached hydrogen (secondary N) is 1. The lowest BCUT2D eigenvalue weighted by Crippen LogP contribution is -2.54. The van der Waals surface area contributed by atoms with Gasteiger partial charge in [0.05, 0.1) is 22.8 Å². The van der Waals surface area contributed by atoms with E-state index >= 15 is 0 Å². The molecule has 1 amide bonds. The Kier molecular flexibility index (Phi) is 2.86. The molecule has 0 aliphatic heterocycles. The minimum Gasteiger partial charge on any atom is -0.346 e. The largest absolute Gasteiger partial charge is 0.346 e. The lowest BCUT2D eigenvalue weighted by atomic mass is 9.78. The molecule has 1 fully saturated rings. The van der Waals surface area contributed by atoms with Crippen LogP contribution in [0.25, 0.3) is 5.52 Å². The number of carbonyl (C=O) groups is 1. The summed E-state index contributed by atoms with van der Waals surface area (Å²) in [6.45, 7) is 0. The van der Waals surface area contributed by atoms with Crippen LogP contribution in [0.1, 0.15) is 29.6 Å². The van der Waals surface area contributed by atoms with Gasteiger partial charge in [0.2, 0.25) is 0 Å². The summed E-state index contributed by atoms with van der Waals surface area (Å²) in [4.78, 5) is 12.3. The average Bonchev–Trinajstić information content (AvgIpc) is 2.77. The molecule has 0 radical (unpaired) electrons. The van der Waals surface area contributed by atoms with Gasteiger partial charge in [-0.25, -0.2) is 4.52 Å². The third kappa shape index (κ3) is 1.82. The van der Waals surface area contributed by atoms with Crippen LogP contribution in [0.3, 0.4) is 0 Å². The molecule has 18 heavy (non-hydrogen) atoms. The summed E-state index contributed by atoms with van der Waals surface area (Å²) >= 11 is 3.49. The van der Waals surface area contributed by atoms with Gasteiger partial charge in [-0.1, -0.05) is 22.0 Å². The summed E-state index contributed by atoms with van der Waals surface area (Å²) in [7, 11) is 0. The molecule has 0 atom stereocenters. The van der Waals surface area contributed by atoms with E-state index in [0.29, 0.717) is 5.56 Å². The zero-order valence-electron chi connectivity index (χ0n) is 9.90. The van der Waals surface area contributed by atoms with E-state index in [1.54, 1.807) is 10.7 Å². The first-order valence-electron chi connectivity index (χ1n) is 6.05. The highest BCUT2D eigenvalue weighted by Gasteiger charge is 2.37. The molecule has 2 aromatic rings. The fourth-order valence-corrected chi connectivity index (χ4v) is 3.01. The van der Waals surface area contributed by atoms with E-state index in [2.05, 4.69) is 26.3 Å². The van der Waals surface area contributed by atoms with E-state index in [4.69, 9.17) is 0 Å². The number of nitrogens with zero attached hydrogens (tertiary/aromatic N) is 2. The number of rotatable bonds is 3. The number of halogens is 1. The molecule has 0 bridgehead atoms. The van der Waals surface area contributed by atoms with Crippen LogP contribution >= 0.6 is 15.9 Å². The first-order valence-corrected chi connectivity index (χ1v) is 7.17. The van der Waals surface area contributed by atoms with Crippen molar-refractivity contribution in [3.63, 3.8) is 0 Å². The Balaban J connectivity index is 1.88. The van der Waals surface area contributed by atoms with Crippen LogP contribution in [0.4, 0.5) is 0 Å². The number of carbonyl (C=O) groups excluding carboxylic acids is 1. The van der Waals surface area contributed by atoms with Gasteiger partial charge in [-0.2, -0.15) is 5.10 Å². The van der Waals surface area contributed by atoms with Crippen molar-refractivity contribution in [3.8, 4) is 0 Å². The van der Waals surface area contributed by atoms with Crippen LogP contribution in [0, 0.1) is 0 Å². The molecular formula is C13H14BrN3O. The first-order chi connectivity index (χ1) is 8.74. The second-order valence-electron chi connectivity index (χ2n) is 4.81. The van der Waals surface area contributed by atoms with E-state index < -0.39 is 0 Å². The van der Waals surface area contributed by atoms with Crippen molar-refractivity contribution in [2.75, 3.05) is 5.33 Å². The molecule has 3 rings (SSSR count). The number of hydrogen-bond acceptors (Lipinski definition) is 2. The monoisotopic (exact) mass is 307 g/mol. The smallest absolute Gasteiger partial charge is 0.255 e. The van der Waals surface area contributed by atoms with Crippen LogP contribution in [-0.2, 0) is 0 Å². The topological polar surface area (TPSA) is 46.4 Å². The SMILES string of the molecule is O=C(NC1(CBr)CCC1)c1cnn2ccccc12. The van der Waals surface area contributed by atoms with E-state index in [0.717, 1.165) is 23.7 Å². The zero-order valence-corrected chi connectivity index (χ0v) is 11.5. The van der Waals surface area contributed by atoms with E-state index in [-0.39, 0.29) is 11.4 Å². The molecule has 0 unspecified atom stereocenters. The summed E-state index contributed by atoms with van der Waals surface area (Å²) in [5, 5.41) is 8.13. The third-order valence-corrected chi connectivity index (χ3v) is 4.69. The second-order valence-corrected chi connectivity index (χ2v) is 5.37. The summed E-state index contributed by atoms with van der Waals surface area (Å²) in [6.07, 6.45) is 6.74. The number of alkyl halides is 1. The van der Waals surface area contributed by atoms with Gasteiger partial charge in [-0.3, -0.25) is 4.79 Å². The number of pyridine rings is 1. The van der Waals surface area contributed by atoms with Crippen LogP contribution in [-0.4, -0.2) is 26.4 Å². The molecule has 0 spiro atoms. The standard InChI is InChI=1S/C13H14BrN3O/c14-9-13(5-3-6-13)16-12(18)10-8-15-17-7-2-1-4-11(10)17/h1-2,4,7-8H,3,5-6,9H2,(H,16,18). The van der Waals surface area contributed by atoms with Gasteiger partial charge in [0.1, 0.15) is 0 Å². The maximum absolute atomic E-state index is 12.3. The van der Waals surface area contributed by atoms with Gasteiger partial charge in [0.25, 0.3) is 5.91 Å². The Morgan fingerprint density at radius 1 is 1.50 bits per heavy atom. The predicted molar refractivity (Wildman–Crippen MR) is 73.0 cm³/mol. The average molecular weight is 308 g/mol. The molecule has 1 aliphatic rings. The summed E-state index contributed by atoms with van der Waals surface area (Å²) in [6, 6.07) is 5.72. The number of hydrogen-bond donors (Lipinski definition) is 1. The highest BCUT2D eigenvalue weighted by molar-refractivity contribution is 9.09. The van der Waals surface area contributed by atoms with Gasteiger partial charge >= 0.3 is 0 Å². The van der Waals surface area contributed by atoms with Crippen LogP contribution in [0.2, 0.25) is 0 Å². The number of amides is 1. The van der Waals surface area contributed by atoms with Crippen molar-refractivity contribution < 1.29 is 4.79 Å². The number of aromatic nitrogens is 2.